The second kappa shape index (κ2) is 7.75. The summed E-state index contributed by atoms with van der Waals surface area (Å²) in [4.78, 5) is 12.8. The fourth-order valence-corrected chi connectivity index (χ4v) is 4.73. The third kappa shape index (κ3) is 4.35. The Morgan fingerprint density at radius 1 is 1.04 bits per heavy atom. The molecule has 8 heteroatoms. The van der Waals surface area contributed by atoms with Gasteiger partial charge in [0.1, 0.15) is 0 Å². The van der Waals surface area contributed by atoms with Crippen LogP contribution in [0.3, 0.4) is 0 Å². The first-order valence-electron chi connectivity index (χ1n) is 8.80. The van der Waals surface area contributed by atoms with Gasteiger partial charge in [0, 0.05) is 44.4 Å². The Morgan fingerprint density at radius 2 is 1.74 bits per heavy atom. The molecule has 0 aliphatic carbocycles. The fourth-order valence-electron chi connectivity index (χ4n) is 3.29. The molecule has 0 spiro atoms. The molecule has 0 saturated carbocycles. The van der Waals surface area contributed by atoms with Gasteiger partial charge in [-0.05, 0) is 25.5 Å². The summed E-state index contributed by atoms with van der Waals surface area (Å²) in [6.07, 6.45) is 0. The maximum Gasteiger partial charge on any atom is 0.273 e. The Bertz CT molecular complexity index is 951. The van der Waals surface area contributed by atoms with Crippen LogP contribution in [0.4, 0.5) is 5.69 Å². The Balaban J connectivity index is 1.69. The number of piperazine rings is 1. The Kier molecular flexibility index (Phi) is 5.59. The molecule has 1 heterocycles. The molecule has 0 radical (unpaired) electrons. The average molecular weight is 389 g/mol. The van der Waals surface area contributed by atoms with Crippen LogP contribution in [0.5, 0.6) is 0 Å². The average Bonchev–Trinajstić information content (AvgIpc) is 2.62. The van der Waals surface area contributed by atoms with Crippen LogP contribution in [0.2, 0.25) is 0 Å². The fraction of sp³-hybridized carbons (Fsp3) is 0.368. The minimum absolute atomic E-state index is 0.0214. The van der Waals surface area contributed by atoms with Crippen LogP contribution >= 0.6 is 0 Å². The topological polar surface area (TPSA) is 83.8 Å². The van der Waals surface area contributed by atoms with Crippen molar-refractivity contribution in [3.05, 3.63) is 69.3 Å². The predicted octanol–water partition coefficient (Wildman–Crippen LogP) is 2.72. The van der Waals surface area contributed by atoms with Crippen molar-refractivity contribution >= 4 is 15.7 Å². The number of hydrogen-bond acceptors (Lipinski definition) is 5. The lowest BCUT2D eigenvalue weighted by molar-refractivity contribution is -0.385. The van der Waals surface area contributed by atoms with Crippen molar-refractivity contribution in [3.63, 3.8) is 0 Å². The lowest BCUT2D eigenvalue weighted by Gasteiger charge is -2.34. The van der Waals surface area contributed by atoms with Crippen LogP contribution in [0.25, 0.3) is 0 Å². The van der Waals surface area contributed by atoms with Crippen molar-refractivity contribution in [1.82, 2.24) is 9.21 Å². The number of hydrogen-bond donors (Lipinski definition) is 0. The third-order valence-corrected chi connectivity index (χ3v) is 6.73. The van der Waals surface area contributed by atoms with Crippen molar-refractivity contribution in [2.75, 3.05) is 26.2 Å². The largest absolute Gasteiger partial charge is 0.296 e. The van der Waals surface area contributed by atoms with Gasteiger partial charge in [-0.3, -0.25) is 15.0 Å². The summed E-state index contributed by atoms with van der Waals surface area (Å²) in [5, 5.41) is 11.1. The SMILES string of the molecule is Cc1cccc(CN2CCN(S(=O)(=O)c3ccc(C)c([N+](=O)[O-])c3)CC2)c1. The minimum atomic E-state index is -3.74. The molecule has 2 aromatic carbocycles. The van der Waals surface area contributed by atoms with Crippen LogP contribution in [0.15, 0.2) is 47.4 Å². The molecule has 1 fully saturated rings. The zero-order valence-electron chi connectivity index (χ0n) is 15.5. The second-order valence-corrected chi connectivity index (χ2v) is 8.81. The number of nitro groups is 1. The zero-order chi connectivity index (χ0) is 19.6. The highest BCUT2D eigenvalue weighted by molar-refractivity contribution is 7.89. The summed E-state index contributed by atoms with van der Waals surface area (Å²) in [6.45, 7) is 6.42. The van der Waals surface area contributed by atoms with E-state index >= 15 is 0 Å². The van der Waals surface area contributed by atoms with E-state index in [0.717, 1.165) is 12.6 Å². The number of nitro benzene ring substituents is 1. The highest BCUT2D eigenvalue weighted by atomic mass is 32.2. The van der Waals surface area contributed by atoms with Gasteiger partial charge < -0.3 is 0 Å². The van der Waals surface area contributed by atoms with Crippen molar-refractivity contribution in [2.24, 2.45) is 0 Å². The van der Waals surface area contributed by atoms with Gasteiger partial charge in [-0.2, -0.15) is 4.31 Å². The number of benzene rings is 2. The molecule has 1 saturated heterocycles. The van der Waals surface area contributed by atoms with E-state index in [4.69, 9.17) is 0 Å². The molecule has 0 unspecified atom stereocenters. The monoisotopic (exact) mass is 389 g/mol. The van der Waals surface area contributed by atoms with Gasteiger partial charge in [-0.1, -0.05) is 35.9 Å². The maximum absolute atomic E-state index is 12.9. The first kappa shape index (κ1) is 19.5. The van der Waals surface area contributed by atoms with Crippen molar-refractivity contribution < 1.29 is 13.3 Å². The van der Waals surface area contributed by atoms with Gasteiger partial charge in [-0.25, -0.2) is 8.42 Å². The molecule has 144 valence electrons. The smallest absolute Gasteiger partial charge is 0.273 e. The molecule has 1 aliphatic heterocycles. The first-order valence-corrected chi connectivity index (χ1v) is 10.2. The van der Waals surface area contributed by atoms with Crippen molar-refractivity contribution in [1.29, 1.82) is 0 Å². The van der Waals surface area contributed by atoms with Crippen LogP contribution in [-0.4, -0.2) is 48.7 Å². The molecule has 1 aliphatic rings. The quantitative estimate of drug-likeness (QED) is 0.580. The number of aryl methyl sites for hydroxylation is 2. The van der Waals surface area contributed by atoms with Gasteiger partial charge >= 0.3 is 0 Å². The molecule has 0 N–H and O–H groups in total. The Labute approximate surface area is 159 Å². The van der Waals surface area contributed by atoms with E-state index in [0.29, 0.717) is 31.7 Å². The molecule has 0 bridgehead atoms. The lowest BCUT2D eigenvalue weighted by Crippen LogP contribution is -2.48. The molecule has 0 atom stereocenters. The molecule has 0 aromatic heterocycles. The van der Waals surface area contributed by atoms with Crippen molar-refractivity contribution in [2.45, 2.75) is 25.3 Å². The van der Waals surface area contributed by atoms with E-state index in [-0.39, 0.29) is 10.6 Å². The molecular formula is C19H23N3O4S. The minimum Gasteiger partial charge on any atom is -0.296 e. The summed E-state index contributed by atoms with van der Waals surface area (Å²) >= 11 is 0. The summed E-state index contributed by atoms with van der Waals surface area (Å²) in [5.74, 6) is 0. The van der Waals surface area contributed by atoms with Crippen LogP contribution < -0.4 is 0 Å². The van der Waals surface area contributed by atoms with Gasteiger partial charge in [0.05, 0.1) is 9.82 Å². The summed E-state index contributed by atoms with van der Waals surface area (Å²) < 4.78 is 27.1. The Hall–Kier alpha value is -2.29. The molecule has 2 aromatic rings. The van der Waals surface area contributed by atoms with E-state index in [1.165, 1.54) is 27.6 Å². The van der Waals surface area contributed by atoms with Crippen LogP contribution in [-0.2, 0) is 16.6 Å². The van der Waals surface area contributed by atoms with Crippen molar-refractivity contribution in [3.8, 4) is 0 Å². The highest BCUT2D eigenvalue weighted by Gasteiger charge is 2.30. The highest BCUT2D eigenvalue weighted by Crippen LogP contribution is 2.25. The molecule has 0 amide bonds. The van der Waals surface area contributed by atoms with E-state index in [1.807, 2.05) is 6.07 Å². The first-order chi connectivity index (χ1) is 12.8. The Morgan fingerprint density at radius 3 is 2.37 bits per heavy atom. The van der Waals surface area contributed by atoms with E-state index in [2.05, 4.69) is 30.0 Å². The van der Waals surface area contributed by atoms with E-state index in [1.54, 1.807) is 6.92 Å². The number of nitrogens with zero attached hydrogens (tertiary/aromatic N) is 3. The molecule has 7 nitrogen and oxygen atoms in total. The van der Waals surface area contributed by atoms with Crippen LogP contribution in [0, 0.1) is 24.0 Å². The summed E-state index contributed by atoms with van der Waals surface area (Å²) in [7, 11) is -3.74. The zero-order valence-corrected chi connectivity index (χ0v) is 16.3. The number of sulfonamides is 1. The van der Waals surface area contributed by atoms with Gasteiger partial charge in [0.2, 0.25) is 10.0 Å². The van der Waals surface area contributed by atoms with E-state index < -0.39 is 14.9 Å². The molecular weight excluding hydrogens is 366 g/mol. The van der Waals surface area contributed by atoms with Gasteiger partial charge in [0.25, 0.3) is 5.69 Å². The van der Waals surface area contributed by atoms with Gasteiger partial charge in [0.15, 0.2) is 0 Å². The third-order valence-electron chi connectivity index (χ3n) is 4.83. The summed E-state index contributed by atoms with van der Waals surface area (Å²) in [5.41, 5.74) is 2.69. The number of rotatable bonds is 5. The van der Waals surface area contributed by atoms with E-state index in [9.17, 15) is 18.5 Å². The normalized spacial score (nSPS) is 16.4. The maximum atomic E-state index is 12.9. The molecule has 27 heavy (non-hydrogen) atoms. The lowest BCUT2D eigenvalue weighted by atomic mass is 10.1. The van der Waals surface area contributed by atoms with Gasteiger partial charge in [-0.15, -0.1) is 0 Å². The summed E-state index contributed by atoms with van der Waals surface area (Å²) in [6, 6.07) is 12.4. The molecule has 3 rings (SSSR count). The van der Waals surface area contributed by atoms with Crippen LogP contribution in [0.1, 0.15) is 16.7 Å². The standard InChI is InChI=1S/C19H23N3O4S/c1-15-4-3-5-17(12-15)14-20-8-10-21(11-9-20)27(25,26)18-7-6-16(2)19(13-18)22(23)24/h3-7,12-13H,8-11,14H2,1-2H3. The predicted molar refractivity (Wildman–Crippen MR) is 103 cm³/mol. The second-order valence-electron chi connectivity index (χ2n) is 6.87.